The van der Waals surface area contributed by atoms with Crippen LogP contribution in [0.1, 0.15) is 26.7 Å². The molecule has 0 aliphatic carbocycles. The third-order valence-electron chi connectivity index (χ3n) is 0.681. The maximum absolute atomic E-state index is 10.7. The van der Waals surface area contributed by atoms with Gasteiger partial charge in [0, 0.05) is 0 Å². The highest BCUT2D eigenvalue weighted by atomic mass is 19.4. The normalized spacial score (nSPS) is 10.2. The fourth-order valence-corrected chi connectivity index (χ4v) is 0. The van der Waals surface area contributed by atoms with Gasteiger partial charge in [-0.05, 0) is 12.8 Å². The fourth-order valence-electron chi connectivity index (χ4n) is 0. The summed E-state index contributed by atoms with van der Waals surface area (Å²) in [4.78, 5) is 0. The van der Waals surface area contributed by atoms with Gasteiger partial charge in [0.15, 0.2) is 13.3 Å². The molecule has 0 nitrogen and oxygen atoms in total. The average molecular weight is 328 g/mol. The van der Waals surface area contributed by atoms with Crippen molar-refractivity contribution in [2.45, 2.75) is 39.0 Å². The van der Waals surface area contributed by atoms with Crippen LogP contribution < -0.4 is 0 Å². The number of hydrogen-bond donors (Lipinski definition) is 0. The van der Waals surface area contributed by atoms with Gasteiger partial charge in [-0.25, -0.2) is 8.78 Å². The van der Waals surface area contributed by atoms with Crippen molar-refractivity contribution in [3.05, 3.63) is 0 Å². The Morgan fingerprint density at radius 1 is 0.550 bits per heavy atom. The summed E-state index contributed by atoms with van der Waals surface area (Å²) in [5.41, 5.74) is 0. The third-order valence-corrected chi connectivity index (χ3v) is 0.681. The van der Waals surface area contributed by atoms with Gasteiger partial charge in [-0.15, -0.1) is 0 Å². The Morgan fingerprint density at radius 3 is 0.650 bits per heavy atom. The Labute approximate surface area is 111 Å². The second-order valence-corrected chi connectivity index (χ2v) is 2.88. The van der Waals surface area contributed by atoms with Crippen LogP contribution >= 0.6 is 0 Å². The molecule has 0 atom stereocenters. The lowest BCUT2D eigenvalue weighted by atomic mass is 10.6. The largest absolute Gasteiger partial charge is 0.416 e. The zero-order chi connectivity index (χ0) is 17.2. The number of hydrogen-bond acceptors (Lipinski definition) is 0. The van der Waals surface area contributed by atoms with Crippen LogP contribution in [0, 0.1) is 0 Å². The number of alkyl halides is 10. The maximum atomic E-state index is 10.7. The van der Waals surface area contributed by atoms with Gasteiger partial charge in [0.05, 0.1) is 13.3 Å². The summed E-state index contributed by atoms with van der Waals surface area (Å²) in [6, 6.07) is 0. The molecule has 0 aliphatic heterocycles. The molecule has 0 rings (SSSR count). The van der Waals surface area contributed by atoms with Crippen molar-refractivity contribution >= 4 is 0 Å². The molecule has 20 heavy (non-hydrogen) atoms. The molecule has 0 N–H and O–H groups in total. The second kappa shape index (κ2) is 18.3. The van der Waals surface area contributed by atoms with E-state index in [2.05, 4.69) is 0 Å². The van der Waals surface area contributed by atoms with Gasteiger partial charge >= 0.3 is 12.4 Å². The lowest BCUT2D eigenvalue weighted by molar-refractivity contribution is -0.142. The molecular formula is C10H18F10. The Morgan fingerprint density at radius 2 is 0.650 bits per heavy atom. The molecule has 0 heterocycles. The zero-order valence-corrected chi connectivity index (χ0v) is 11.0. The van der Waals surface area contributed by atoms with Crippen molar-refractivity contribution in [2.75, 3.05) is 26.7 Å². The molecule has 0 radical (unpaired) electrons. The quantitative estimate of drug-likeness (QED) is 0.565. The minimum atomic E-state index is -4.62. The van der Waals surface area contributed by atoms with E-state index < -0.39 is 25.7 Å². The van der Waals surface area contributed by atoms with Crippen molar-refractivity contribution in [3.63, 3.8) is 0 Å². The minimum Gasteiger partial charge on any atom is -0.251 e. The summed E-state index contributed by atoms with van der Waals surface area (Å²) in [6.07, 6.45) is -7.94. The first-order valence-electron chi connectivity index (χ1n) is 5.32. The fraction of sp³-hybridized carbons (Fsp3) is 1.00. The van der Waals surface area contributed by atoms with E-state index in [1.807, 2.05) is 0 Å². The molecule has 0 bridgehead atoms. The molecule has 0 fully saturated rings. The summed E-state index contributed by atoms with van der Waals surface area (Å²) < 4.78 is 105. The lowest BCUT2D eigenvalue weighted by Crippen LogP contribution is -2.08. The molecule has 0 spiro atoms. The van der Waals surface area contributed by atoms with E-state index in [-0.39, 0.29) is 13.3 Å². The van der Waals surface area contributed by atoms with Gasteiger partial charge in [0.25, 0.3) is 0 Å². The summed E-state index contributed by atoms with van der Waals surface area (Å²) in [7, 11) is 0. The number of halogens is 10. The van der Waals surface area contributed by atoms with E-state index in [1.165, 1.54) is 0 Å². The molecule has 10 heteroatoms. The summed E-state index contributed by atoms with van der Waals surface area (Å²) in [6.45, 7) is -1.21. The molecule has 0 aromatic carbocycles. The Kier molecular flexibility index (Phi) is 25.3. The summed E-state index contributed by atoms with van der Waals surface area (Å²) >= 11 is 0. The van der Waals surface area contributed by atoms with Gasteiger partial charge in [0.2, 0.25) is 0 Å². The monoisotopic (exact) mass is 328 g/mol. The smallest absolute Gasteiger partial charge is 0.251 e. The predicted octanol–water partition coefficient (Wildman–Crippen LogP) is 5.77. The van der Waals surface area contributed by atoms with Crippen LogP contribution in [-0.2, 0) is 0 Å². The van der Waals surface area contributed by atoms with Crippen molar-refractivity contribution in [1.29, 1.82) is 0 Å². The highest BCUT2D eigenvalue weighted by molar-refractivity contribution is 4.40. The number of rotatable bonds is 2. The molecule has 0 aromatic heterocycles. The van der Waals surface area contributed by atoms with Gasteiger partial charge in [-0.2, -0.15) is 26.3 Å². The van der Waals surface area contributed by atoms with Gasteiger partial charge in [0.1, 0.15) is 0 Å². The molecule has 128 valence electrons. The van der Waals surface area contributed by atoms with E-state index in [9.17, 15) is 43.9 Å². The van der Waals surface area contributed by atoms with Crippen molar-refractivity contribution in [2.24, 2.45) is 0 Å². The highest BCUT2D eigenvalue weighted by Gasteiger charge is 2.26. The van der Waals surface area contributed by atoms with Gasteiger partial charge in [-0.1, -0.05) is 13.8 Å². The molecule has 0 unspecified atom stereocenters. The van der Waals surface area contributed by atoms with Crippen LogP contribution in [0.25, 0.3) is 0 Å². The Hall–Kier alpha value is -0.700. The first-order valence-corrected chi connectivity index (χ1v) is 5.32. The Balaban J connectivity index is -0.0000000871. The van der Waals surface area contributed by atoms with E-state index in [0.717, 1.165) is 0 Å². The first-order chi connectivity index (χ1) is 8.95. The topological polar surface area (TPSA) is 0 Å². The molecule has 0 aromatic rings. The van der Waals surface area contributed by atoms with Gasteiger partial charge in [-0.3, -0.25) is 8.78 Å². The van der Waals surface area contributed by atoms with Crippen LogP contribution in [-0.4, -0.2) is 39.1 Å². The first kappa shape index (κ1) is 27.6. The maximum Gasteiger partial charge on any atom is 0.416 e. The van der Waals surface area contributed by atoms with E-state index in [4.69, 9.17) is 0 Å². The Bertz CT molecular complexity index is 129. The van der Waals surface area contributed by atoms with Crippen LogP contribution in [0.2, 0.25) is 0 Å². The molecule has 0 amide bonds. The van der Waals surface area contributed by atoms with Gasteiger partial charge < -0.3 is 0 Å². The van der Waals surface area contributed by atoms with Crippen molar-refractivity contribution < 1.29 is 43.9 Å². The van der Waals surface area contributed by atoms with Crippen LogP contribution in [0.5, 0.6) is 0 Å². The van der Waals surface area contributed by atoms with Crippen LogP contribution in [0.4, 0.5) is 43.9 Å². The predicted molar refractivity (Wildman–Crippen MR) is 56.6 cm³/mol. The SMILES string of the molecule is CCCF.CCCF.FCC(F)(F)F.FCC(F)(F)F. The molecule has 0 saturated heterocycles. The molecule has 0 aliphatic rings. The van der Waals surface area contributed by atoms with Crippen LogP contribution in [0.3, 0.4) is 0 Å². The minimum absolute atomic E-state index is 0.181. The molecule has 0 saturated carbocycles. The summed E-state index contributed by atoms with van der Waals surface area (Å²) in [5, 5.41) is 0. The third kappa shape index (κ3) is 86.3. The zero-order valence-electron chi connectivity index (χ0n) is 11.0. The summed E-state index contributed by atoms with van der Waals surface area (Å²) in [5.74, 6) is 0. The van der Waals surface area contributed by atoms with E-state index >= 15 is 0 Å². The van der Waals surface area contributed by atoms with E-state index in [0.29, 0.717) is 12.8 Å². The highest BCUT2D eigenvalue weighted by Crippen LogP contribution is 2.13. The van der Waals surface area contributed by atoms with Crippen molar-refractivity contribution in [1.82, 2.24) is 0 Å². The second-order valence-electron chi connectivity index (χ2n) is 2.88. The molecular weight excluding hydrogens is 310 g/mol. The van der Waals surface area contributed by atoms with Crippen molar-refractivity contribution in [3.8, 4) is 0 Å². The lowest BCUT2D eigenvalue weighted by Gasteiger charge is -1.93. The van der Waals surface area contributed by atoms with E-state index in [1.54, 1.807) is 13.8 Å². The van der Waals surface area contributed by atoms with Crippen LogP contribution in [0.15, 0.2) is 0 Å². The average Bonchev–Trinajstić information content (AvgIpc) is 2.38. The standard InChI is InChI=1S/2C3H7F.2C2H2F4/c2*1-2-3-4;2*3-1-2(4,5)6/h2*2-3H2,1H3;2*1H2.